The molecular weight excluding hydrogens is 591 g/mol. The molecule has 1 aromatic heterocycles. The first-order chi connectivity index (χ1) is 20.9. The normalized spacial score (nSPS) is 14.7. The van der Waals surface area contributed by atoms with E-state index in [0.29, 0.717) is 54.7 Å². The van der Waals surface area contributed by atoms with Crippen LogP contribution in [0.3, 0.4) is 0 Å². The Kier molecular flexibility index (Phi) is 9.43. The lowest BCUT2D eigenvalue weighted by atomic mass is 9.93. The largest absolute Gasteiger partial charge is 0.496 e. The predicted octanol–water partition coefficient (Wildman–Crippen LogP) is 5.96. The van der Waals surface area contributed by atoms with Crippen molar-refractivity contribution in [1.29, 1.82) is 0 Å². The van der Waals surface area contributed by atoms with Crippen LogP contribution in [0, 0.1) is 5.82 Å². The Balaban J connectivity index is 1.68. The van der Waals surface area contributed by atoms with Gasteiger partial charge in [-0.1, -0.05) is 72.7 Å². The molecule has 0 unspecified atom stereocenters. The first-order valence-corrected chi connectivity index (χ1v) is 15.1. The Bertz CT molecular complexity index is 1880. The molecule has 5 rings (SSSR count). The van der Waals surface area contributed by atoms with Crippen LogP contribution in [0.2, 0.25) is 5.02 Å². The highest BCUT2D eigenvalue weighted by Crippen LogP contribution is 2.38. The van der Waals surface area contributed by atoms with E-state index in [1.165, 1.54) is 29.1 Å². The zero-order valence-electron chi connectivity index (χ0n) is 23.9. The summed E-state index contributed by atoms with van der Waals surface area (Å²) in [5, 5.41) is 0.427. The number of nitrogens with zero attached hydrogens (tertiary/aromatic N) is 2. The van der Waals surface area contributed by atoms with Crippen LogP contribution < -0.4 is 24.4 Å². The van der Waals surface area contributed by atoms with Crippen molar-refractivity contribution in [2.45, 2.75) is 39.3 Å². The van der Waals surface area contributed by atoms with Gasteiger partial charge >= 0.3 is 5.97 Å². The Labute approximate surface area is 257 Å². The molecule has 2 heterocycles. The van der Waals surface area contributed by atoms with Gasteiger partial charge in [0.2, 0.25) is 0 Å². The number of fused-ring (bicyclic) bond motifs is 1. The highest BCUT2D eigenvalue weighted by atomic mass is 35.5. The van der Waals surface area contributed by atoms with Gasteiger partial charge in [0.25, 0.3) is 5.56 Å². The summed E-state index contributed by atoms with van der Waals surface area (Å²) in [6.07, 6.45) is 2.95. The van der Waals surface area contributed by atoms with Gasteiger partial charge in [-0.15, -0.1) is 0 Å². The number of para-hydroxylation sites is 1. The molecule has 1 aliphatic heterocycles. The fourth-order valence-corrected chi connectivity index (χ4v) is 6.17. The number of rotatable bonds is 10. The maximum atomic E-state index is 14.2. The minimum absolute atomic E-state index is 0.0244. The van der Waals surface area contributed by atoms with Crippen molar-refractivity contribution in [1.82, 2.24) is 4.57 Å². The Morgan fingerprint density at radius 3 is 2.60 bits per heavy atom. The van der Waals surface area contributed by atoms with E-state index in [-0.39, 0.29) is 30.2 Å². The third kappa shape index (κ3) is 6.28. The zero-order chi connectivity index (χ0) is 30.5. The third-order valence-electron chi connectivity index (χ3n) is 6.93. The van der Waals surface area contributed by atoms with E-state index in [1.807, 2.05) is 25.1 Å². The van der Waals surface area contributed by atoms with E-state index in [1.54, 1.807) is 55.5 Å². The molecule has 0 N–H and O–H groups in total. The van der Waals surface area contributed by atoms with Crippen molar-refractivity contribution >= 4 is 35.0 Å². The summed E-state index contributed by atoms with van der Waals surface area (Å²) in [4.78, 5) is 32.8. The fraction of sp³-hybridized carbons (Fsp3) is 0.242. The third-order valence-corrected chi connectivity index (χ3v) is 8.14. The second kappa shape index (κ2) is 13.4. The van der Waals surface area contributed by atoms with Gasteiger partial charge in [-0.25, -0.2) is 14.2 Å². The number of methoxy groups -OCH3 is 1. The summed E-state index contributed by atoms with van der Waals surface area (Å²) in [6, 6.07) is 17.9. The van der Waals surface area contributed by atoms with E-state index in [9.17, 15) is 14.0 Å². The lowest BCUT2D eigenvalue weighted by Crippen LogP contribution is -2.40. The van der Waals surface area contributed by atoms with Crippen LogP contribution in [0.1, 0.15) is 49.4 Å². The molecule has 1 atom stereocenters. The molecule has 0 bridgehead atoms. The second-order valence-corrected chi connectivity index (χ2v) is 11.2. The smallest absolute Gasteiger partial charge is 0.338 e. The number of carbonyl (C=O) groups excluding carboxylic acids is 1. The number of allylic oxidation sites excluding steroid dienone is 1. The van der Waals surface area contributed by atoms with Crippen LogP contribution in [-0.2, 0) is 16.1 Å². The van der Waals surface area contributed by atoms with E-state index in [4.69, 9.17) is 30.8 Å². The maximum Gasteiger partial charge on any atom is 0.338 e. The average Bonchev–Trinajstić information content (AvgIpc) is 3.31. The number of benzene rings is 3. The molecule has 0 amide bonds. The van der Waals surface area contributed by atoms with Gasteiger partial charge in [-0.05, 0) is 49.8 Å². The molecule has 0 spiro atoms. The van der Waals surface area contributed by atoms with Gasteiger partial charge in [0.05, 0.1) is 29.5 Å². The quantitative estimate of drug-likeness (QED) is 0.205. The summed E-state index contributed by atoms with van der Waals surface area (Å²) < 4.78 is 33.2. The maximum absolute atomic E-state index is 14.2. The molecule has 4 aromatic rings. The van der Waals surface area contributed by atoms with Crippen LogP contribution in [0.15, 0.2) is 87.8 Å². The highest BCUT2D eigenvalue weighted by molar-refractivity contribution is 7.07. The van der Waals surface area contributed by atoms with E-state index in [0.717, 1.165) is 6.42 Å². The predicted molar refractivity (Wildman–Crippen MR) is 165 cm³/mol. The summed E-state index contributed by atoms with van der Waals surface area (Å²) >= 11 is 7.63. The van der Waals surface area contributed by atoms with Gasteiger partial charge in [0, 0.05) is 21.7 Å². The van der Waals surface area contributed by atoms with Crippen molar-refractivity contribution in [2.75, 3.05) is 13.7 Å². The fourth-order valence-electron chi connectivity index (χ4n) is 4.98. The monoisotopic (exact) mass is 620 g/mol. The minimum atomic E-state index is -0.875. The van der Waals surface area contributed by atoms with Crippen LogP contribution in [0.25, 0.3) is 6.08 Å². The lowest BCUT2D eigenvalue weighted by molar-refractivity contribution is -0.139. The first-order valence-electron chi connectivity index (χ1n) is 13.9. The molecule has 0 saturated heterocycles. The minimum Gasteiger partial charge on any atom is -0.496 e. The molecule has 7 nitrogen and oxygen atoms in total. The zero-order valence-corrected chi connectivity index (χ0v) is 25.5. The number of aromatic nitrogens is 1. The van der Waals surface area contributed by atoms with Gasteiger partial charge in [-0.3, -0.25) is 9.36 Å². The highest BCUT2D eigenvalue weighted by Gasteiger charge is 2.36. The second-order valence-electron chi connectivity index (χ2n) is 9.72. The number of ether oxygens (including phenoxy) is 3. The molecule has 43 heavy (non-hydrogen) atoms. The number of carbonyl (C=O) groups is 1. The summed E-state index contributed by atoms with van der Waals surface area (Å²) in [6.45, 7) is 3.91. The van der Waals surface area contributed by atoms with Crippen molar-refractivity contribution in [2.24, 2.45) is 4.99 Å². The first kappa shape index (κ1) is 30.3. The van der Waals surface area contributed by atoms with Gasteiger partial charge in [-0.2, -0.15) is 0 Å². The molecule has 222 valence electrons. The van der Waals surface area contributed by atoms with Crippen molar-refractivity contribution < 1.29 is 23.4 Å². The Morgan fingerprint density at radius 2 is 1.86 bits per heavy atom. The van der Waals surface area contributed by atoms with E-state index >= 15 is 0 Å². The molecule has 1 aliphatic rings. The van der Waals surface area contributed by atoms with Gasteiger partial charge in [0.1, 0.15) is 30.0 Å². The summed E-state index contributed by atoms with van der Waals surface area (Å²) in [5.41, 5.74) is 2.08. The number of hydrogen-bond donors (Lipinski definition) is 0. The molecule has 3 aromatic carbocycles. The van der Waals surface area contributed by atoms with Crippen molar-refractivity contribution in [3.05, 3.63) is 125 Å². The van der Waals surface area contributed by atoms with Crippen molar-refractivity contribution in [3.63, 3.8) is 0 Å². The standard InChI is InChI=1S/C33H30ClFN2O5S/c1-4-10-25-29(32(39)41-5-2)30(23-18-22(34)15-16-27(23)40-3)37-31(38)28(43-33(37)36-25)17-20-11-7-9-14-26(20)42-19-21-12-6-8-13-24(21)35/h6-9,11-18,30H,4-5,10,19H2,1-3H3/b28-17+/t30-/m0/s1. The SMILES string of the molecule is CCCC1=C(C(=O)OCC)[C@H](c2cc(Cl)ccc2OC)n2c(s/c(=C/c3ccccc3OCc3ccccc3F)c2=O)=N1. The van der Waals surface area contributed by atoms with Crippen LogP contribution in [0.4, 0.5) is 4.39 Å². The average molecular weight is 621 g/mol. The molecule has 10 heteroatoms. The van der Waals surface area contributed by atoms with Crippen LogP contribution in [-0.4, -0.2) is 24.3 Å². The van der Waals surface area contributed by atoms with Gasteiger partial charge in [0.15, 0.2) is 4.80 Å². The molecule has 0 aliphatic carbocycles. The number of thiazole rings is 1. The Morgan fingerprint density at radius 1 is 1.09 bits per heavy atom. The van der Waals surface area contributed by atoms with Crippen LogP contribution >= 0.6 is 22.9 Å². The van der Waals surface area contributed by atoms with E-state index in [2.05, 4.69) is 0 Å². The van der Waals surface area contributed by atoms with Crippen LogP contribution in [0.5, 0.6) is 11.5 Å². The number of halogens is 2. The molecule has 0 saturated carbocycles. The molecule has 0 fully saturated rings. The number of hydrogen-bond acceptors (Lipinski definition) is 7. The number of esters is 1. The van der Waals surface area contributed by atoms with Crippen molar-refractivity contribution in [3.8, 4) is 11.5 Å². The van der Waals surface area contributed by atoms with E-state index < -0.39 is 12.0 Å². The lowest BCUT2D eigenvalue weighted by Gasteiger charge is -2.27. The Hall–Kier alpha value is -4.21. The summed E-state index contributed by atoms with van der Waals surface area (Å²) in [5.74, 6) is 0.0480. The van der Waals surface area contributed by atoms with Gasteiger partial charge < -0.3 is 14.2 Å². The molecule has 0 radical (unpaired) electrons. The molecular formula is C33H30ClFN2O5S. The topological polar surface area (TPSA) is 79.1 Å². The summed E-state index contributed by atoms with van der Waals surface area (Å²) in [7, 11) is 1.52.